The Hall–Kier alpha value is -6.18. The third-order valence-corrected chi connectivity index (χ3v) is 11.1. The molecule has 0 spiro atoms. The van der Waals surface area contributed by atoms with Crippen LogP contribution in [0.1, 0.15) is 77.1 Å². The molecule has 2 aliphatic heterocycles. The van der Waals surface area contributed by atoms with E-state index in [1.165, 1.54) is 7.11 Å². The van der Waals surface area contributed by atoms with Crippen molar-refractivity contribution in [1.29, 1.82) is 0 Å². The van der Waals surface area contributed by atoms with E-state index in [0.717, 1.165) is 76.1 Å². The average Bonchev–Trinajstić information content (AvgIpc) is 4.04. The Labute approximate surface area is 331 Å². The Kier molecular flexibility index (Phi) is 11.3. The Morgan fingerprint density at radius 3 is 1.77 bits per heavy atom. The Balaban J connectivity index is 1.02. The zero-order chi connectivity index (χ0) is 40.4. The summed E-state index contributed by atoms with van der Waals surface area (Å²) in [6.45, 7) is 8.62. The van der Waals surface area contributed by atoms with Gasteiger partial charge in [-0.3, -0.25) is 9.59 Å². The number of imidazole rings is 2. The predicted molar refractivity (Wildman–Crippen MR) is 216 cm³/mol. The van der Waals surface area contributed by atoms with Crippen molar-refractivity contribution in [3.8, 4) is 33.5 Å². The molecule has 0 radical (unpaired) electrons. The smallest absolute Gasteiger partial charge is 0.407 e. The summed E-state index contributed by atoms with van der Waals surface area (Å²) < 4.78 is 4.76. The van der Waals surface area contributed by atoms with E-state index >= 15 is 0 Å². The van der Waals surface area contributed by atoms with Crippen LogP contribution in [0.5, 0.6) is 0 Å². The molecule has 2 aliphatic rings. The molecule has 57 heavy (non-hydrogen) atoms. The molecule has 1 unspecified atom stereocenters. The number of H-pyrrole nitrogens is 2. The summed E-state index contributed by atoms with van der Waals surface area (Å²) in [4.78, 5) is 70.3. The quantitative estimate of drug-likeness (QED) is 0.0926. The van der Waals surface area contributed by atoms with Crippen LogP contribution in [0, 0.1) is 11.8 Å². The van der Waals surface area contributed by atoms with Gasteiger partial charge in [0, 0.05) is 13.1 Å². The summed E-state index contributed by atoms with van der Waals surface area (Å²) in [5.74, 6) is 0.768. The van der Waals surface area contributed by atoms with Crippen molar-refractivity contribution in [2.75, 3.05) is 20.2 Å². The van der Waals surface area contributed by atoms with Crippen molar-refractivity contribution in [2.24, 2.45) is 11.8 Å². The third kappa shape index (κ3) is 8.21. The number of fused-ring (bicyclic) bond motifs is 1. The van der Waals surface area contributed by atoms with E-state index in [4.69, 9.17) is 9.72 Å². The molecule has 298 valence electrons. The van der Waals surface area contributed by atoms with Gasteiger partial charge in [0.1, 0.15) is 23.7 Å². The molecule has 0 saturated carbocycles. The molecule has 0 bridgehead atoms. The molecule has 7 rings (SSSR count). The van der Waals surface area contributed by atoms with E-state index in [9.17, 15) is 24.3 Å². The number of nitrogens with one attached hydrogen (secondary N) is 4. The number of hydrogen-bond acceptors (Lipinski definition) is 7. The van der Waals surface area contributed by atoms with Crippen molar-refractivity contribution in [1.82, 2.24) is 40.4 Å². The lowest BCUT2D eigenvalue weighted by molar-refractivity contribution is -0.136. The summed E-state index contributed by atoms with van der Waals surface area (Å²) in [6.07, 6.45) is 3.16. The van der Waals surface area contributed by atoms with Crippen LogP contribution in [0.3, 0.4) is 0 Å². The molecule has 4 atom stereocenters. The second-order valence-corrected chi connectivity index (χ2v) is 15.6. The van der Waals surface area contributed by atoms with Crippen molar-refractivity contribution < 1.29 is 29.0 Å². The number of nitrogens with zero attached hydrogens (tertiary/aromatic N) is 4. The molecular weight excluding hydrogens is 725 g/mol. The van der Waals surface area contributed by atoms with Gasteiger partial charge in [0.05, 0.1) is 42.1 Å². The standard InChI is InChI=1S/C43H50N8O6/c1-24(2)36(48-42(54)55)40(52)51-21-7-9-35(51)39-45-31-19-18-30(22-32(31)46-39)28-12-10-26(11-13-28)27-14-16-29(17-15-27)33-23-44-38(47-33)34-8-6-20-50(34)41(53)37(25(3)4)49-43(56)57-5/h10-19,22-25,34-37,48H,6-9,20-21H2,1-5H3,(H,44,47)(H,45,46)(H,49,56)(H,54,55)/t34?,35-,36-,37-/m0/s1. The zero-order valence-electron chi connectivity index (χ0n) is 32.9. The minimum absolute atomic E-state index is 0.106. The topological polar surface area (TPSA) is 186 Å². The van der Waals surface area contributed by atoms with Crippen molar-refractivity contribution >= 4 is 35.0 Å². The summed E-state index contributed by atoms with van der Waals surface area (Å²) >= 11 is 0. The van der Waals surface area contributed by atoms with Gasteiger partial charge in [-0.25, -0.2) is 19.6 Å². The van der Waals surface area contributed by atoms with E-state index in [-0.39, 0.29) is 35.7 Å². The number of aromatic amines is 2. The van der Waals surface area contributed by atoms with Crippen LogP contribution < -0.4 is 10.6 Å². The highest BCUT2D eigenvalue weighted by atomic mass is 16.5. The van der Waals surface area contributed by atoms with Crippen molar-refractivity contribution in [2.45, 2.75) is 77.5 Å². The van der Waals surface area contributed by atoms with Gasteiger partial charge in [-0.05, 0) is 77.5 Å². The third-order valence-electron chi connectivity index (χ3n) is 11.1. The highest BCUT2D eigenvalue weighted by Crippen LogP contribution is 2.35. The number of carboxylic acid groups (broad SMARTS) is 1. The summed E-state index contributed by atoms with van der Waals surface area (Å²) in [6, 6.07) is 20.8. The van der Waals surface area contributed by atoms with Gasteiger partial charge < -0.3 is 40.2 Å². The maximum absolute atomic E-state index is 13.5. The molecule has 14 heteroatoms. The maximum atomic E-state index is 13.5. The highest BCUT2D eigenvalue weighted by molar-refractivity contribution is 5.88. The molecule has 4 heterocycles. The van der Waals surface area contributed by atoms with Crippen LogP contribution in [-0.2, 0) is 14.3 Å². The van der Waals surface area contributed by atoms with Gasteiger partial charge >= 0.3 is 12.2 Å². The average molecular weight is 775 g/mol. The number of rotatable bonds is 11. The van der Waals surface area contributed by atoms with Gasteiger partial charge in [-0.15, -0.1) is 0 Å². The highest BCUT2D eigenvalue weighted by Gasteiger charge is 2.39. The van der Waals surface area contributed by atoms with Crippen LogP contribution in [0.2, 0.25) is 0 Å². The molecule has 3 aromatic carbocycles. The lowest BCUT2D eigenvalue weighted by Crippen LogP contribution is -2.51. The number of carbonyl (C=O) groups is 4. The minimum atomic E-state index is -1.21. The fourth-order valence-electron chi connectivity index (χ4n) is 8.05. The van der Waals surface area contributed by atoms with E-state index in [2.05, 4.69) is 80.2 Å². The SMILES string of the molecule is COC(=O)N[C@H](C(=O)N1CCCC1c1ncc(-c2ccc(-c3ccc(-c4ccc5nc([C@@H]6CCCN6C(=O)[C@@H](NC(=O)O)C(C)C)[nH]c5c4)cc3)cc2)[nH]1)C(C)C. The maximum Gasteiger partial charge on any atom is 0.407 e. The molecule has 2 aromatic heterocycles. The molecule has 5 N–H and O–H groups in total. The van der Waals surface area contributed by atoms with Gasteiger partial charge in [0.25, 0.3) is 0 Å². The van der Waals surface area contributed by atoms with E-state index < -0.39 is 24.3 Å². The van der Waals surface area contributed by atoms with Gasteiger partial charge in [-0.2, -0.15) is 0 Å². The number of amides is 4. The Bertz CT molecular complexity index is 2250. The summed E-state index contributed by atoms with van der Waals surface area (Å²) in [7, 11) is 1.29. The summed E-state index contributed by atoms with van der Waals surface area (Å²) in [5, 5.41) is 14.4. The number of likely N-dealkylation sites (tertiary alicyclic amines) is 2. The number of hydrogen-bond donors (Lipinski definition) is 5. The van der Waals surface area contributed by atoms with Crippen LogP contribution >= 0.6 is 0 Å². The molecular formula is C43H50N8O6. The second-order valence-electron chi connectivity index (χ2n) is 15.6. The zero-order valence-corrected chi connectivity index (χ0v) is 32.9. The number of benzene rings is 3. The van der Waals surface area contributed by atoms with Crippen molar-refractivity contribution in [3.05, 3.63) is 84.6 Å². The molecule has 2 fully saturated rings. The lowest BCUT2D eigenvalue weighted by Gasteiger charge is -2.30. The van der Waals surface area contributed by atoms with E-state index in [0.29, 0.717) is 18.9 Å². The van der Waals surface area contributed by atoms with E-state index in [1.54, 1.807) is 11.1 Å². The van der Waals surface area contributed by atoms with Crippen LogP contribution in [0.25, 0.3) is 44.5 Å². The Morgan fingerprint density at radius 2 is 1.23 bits per heavy atom. The Morgan fingerprint density at radius 1 is 0.719 bits per heavy atom. The molecule has 2 saturated heterocycles. The van der Waals surface area contributed by atoms with Gasteiger partial charge in [0.2, 0.25) is 11.8 Å². The molecule has 4 amide bonds. The predicted octanol–water partition coefficient (Wildman–Crippen LogP) is 7.29. The van der Waals surface area contributed by atoms with Crippen LogP contribution in [0.15, 0.2) is 72.9 Å². The molecule has 14 nitrogen and oxygen atoms in total. The number of ether oxygens (including phenoxy) is 1. The first-order valence-electron chi connectivity index (χ1n) is 19.6. The van der Waals surface area contributed by atoms with Crippen LogP contribution in [-0.4, -0.2) is 91.1 Å². The molecule has 0 aliphatic carbocycles. The van der Waals surface area contributed by atoms with E-state index in [1.807, 2.05) is 44.7 Å². The first-order valence-corrected chi connectivity index (χ1v) is 19.6. The van der Waals surface area contributed by atoms with Gasteiger partial charge in [0.15, 0.2) is 0 Å². The number of alkyl carbamates (subject to hydrolysis) is 1. The first-order chi connectivity index (χ1) is 27.4. The minimum Gasteiger partial charge on any atom is -0.465 e. The fraction of sp³-hybridized carbons (Fsp3) is 0.395. The van der Waals surface area contributed by atoms with Crippen LogP contribution in [0.4, 0.5) is 9.59 Å². The number of methoxy groups -OCH3 is 1. The monoisotopic (exact) mass is 774 g/mol. The molecule has 5 aromatic rings. The second kappa shape index (κ2) is 16.5. The normalized spacial score (nSPS) is 17.9. The lowest BCUT2D eigenvalue weighted by atomic mass is 9.99. The number of carbonyl (C=O) groups excluding carboxylic acids is 3. The summed E-state index contributed by atoms with van der Waals surface area (Å²) in [5.41, 5.74) is 7.74. The van der Waals surface area contributed by atoms with Gasteiger partial charge in [-0.1, -0.05) is 82.3 Å². The number of aromatic nitrogens is 4. The first kappa shape index (κ1) is 39.1. The van der Waals surface area contributed by atoms with Crippen molar-refractivity contribution in [3.63, 3.8) is 0 Å². The largest absolute Gasteiger partial charge is 0.465 e. The fourth-order valence-corrected chi connectivity index (χ4v) is 8.05.